The molecule has 2 N–H and O–H groups in total. The van der Waals surface area contributed by atoms with Gasteiger partial charge in [0.1, 0.15) is 0 Å². The van der Waals surface area contributed by atoms with Crippen LogP contribution >= 0.6 is 0 Å². The van der Waals surface area contributed by atoms with Gasteiger partial charge in [-0.3, -0.25) is 0 Å². The van der Waals surface area contributed by atoms with Crippen LogP contribution in [-0.4, -0.2) is 12.2 Å². The Morgan fingerprint density at radius 1 is 1.22 bits per heavy atom. The lowest BCUT2D eigenvalue weighted by Gasteiger charge is -2.33. The second-order valence-electron chi connectivity index (χ2n) is 2.47. The fraction of sp³-hybridized carbons (Fsp3) is 1.00. The van der Waals surface area contributed by atoms with Crippen LogP contribution in [0.15, 0.2) is 0 Å². The van der Waals surface area contributed by atoms with Crippen molar-refractivity contribution in [3.8, 4) is 0 Å². The van der Waals surface area contributed by atoms with Gasteiger partial charge in [0.2, 0.25) is 0 Å². The minimum absolute atomic E-state index is 0.115. The highest BCUT2D eigenvalue weighted by molar-refractivity contribution is 4.86. The summed E-state index contributed by atoms with van der Waals surface area (Å²) in [4.78, 5) is 0. The highest BCUT2D eigenvalue weighted by Gasteiger charge is 2.46. The molecule has 9 heavy (non-hydrogen) atoms. The predicted octanol–water partition coefficient (Wildman–Crippen LogP) is 1.29. The van der Waals surface area contributed by atoms with E-state index in [1.807, 2.05) is 0 Å². The number of nitrogens with two attached hydrogens (primary N) is 1. The summed E-state index contributed by atoms with van der Waals surface area (Å²) in [6, 6.07) is -0.211. The molecule has 4 heteroatoms. The summed E-state index contributed by atoms with van der Waals surface area (Å²) in [7, 11) is 0. The second kappa shape index (κ2) is 1.87. The number of alkyl halides is 3. The molecule has 0 saturated heterocycles. The van der Waals surface area contributed by atoms with Gasteiger partial charge in [-0.2, -0.15) is 13.2 Å². The minimum Gasteiger partial charge on any atom is -0.328 e. The molecule has 1 rings (SSSR count). The largest absolute Gasteiger partial charge is 0.391 e. The average molecular weight is 139 g/mol. The maximum atomic E-state index is 11.6. The summed E-state index contributed by atoms with van der Waals surface area (Å²) in [5, 5.41) is 0. The van der Waals surface area contributed by atoms with Crippen molar-refractivity contribution < 1.29 is 13.2 Å². The number of rotatable bonds is 0. The molecule has 0 aliphatic heterocycles. The van der Waals surface area contributed by atoms with E-state index in [-0.39, 0.29) is 18.9 Å². The van der Waals surface area contributed by atoms with Crippen LogP contribution in [0.4, 0.5) is 13.2 Å². The molecule has 0 aromatic carbocycles. The van der Waals surface area contributed by atoms with Crippen LogP contribution in [0, 0.1) is 5.92 Å². The van der Waals surface area contributed by atoms with Crippen LogP contribution in [0.1, 0.15) is 12.8 Å². The normalized spacial score (nSPS) is 36.0. The Bertz CT molecular complexity index is 103. The molecule has 1 fully saturated rings. The van der Waals surface area contributed by atoms with Crippen LogP contribution in [0.2, 0.25) is 0 Å². The Balaban J connectivity index is 2.32. The molecule has 1 saturated carbocycles. The summed E-state index contributed by atoms with van der Waals surface area (Å²) in [5.74, 6) is -1.12. The zero-order valence-corrected chi connectivity index (χ0v) is 4.78. The molecule has 0 radical (unpaired) electrons. The first-order valence-corrected chi connectivity index (χ1v) is 2.82. The lowest BCUT2D eigenvalue weighted by atomic mass is 9.80. The Labute approximate surface area is 51.0 Å². The van der Waals surface area contributed by atoms with E-state index in [1.165, 1.54) is 0 Å². The maximum Gasteiger partial charge on any atom is 0.391 e. The second-order valence-corrected chi connectivity index (χ2v) is 2.47. The quantitative estimate of drug-likeness (QED) is 0.537. The minimum atomic E-state index is -4.00. The molecule has 0 spiro atoms. The first-order valence-electron chi connectivity index (χ1n) is 2.82. The Kier molecular flexibility index (Phi) is 1.42. The van der Waals surface area contributed by atoms with Crippen molar-refractivity contribution in [1.29, 1.82) is 0 Å². The van der Waals surface area contributed by atoms with E-state index in [0.29, 0.717) is 0 Å². The standard InChI is InChI=1S/C5H8F3N/c6-5(7,8)3-1-4(9)2-3/h3-4H,1-2,9H2. The van der Waals surface area contributed by atoms with Crippen LogP contribution < -0.4 is 5.73 Å². The lowest BCUT2D eigenvalue weighted by Crippen LogP contribution is -2.43. The maximum absolute atomic E-state index is 11.6. The monoisotopic (exact) mass is 139 g/mol. The van der Waals surface area contributed by atoms with Gasteiger partial charge in [0, 0.05) is 6.04 Å². The highest BCUT2D eigenvalue weighted by Crippen LogP contribution is 2.39. The van der Waals surface area contributed by atoms with Crippen LogP contribution in [0.5, 0.6) is 0 Å². The van der Waals surface area contributed by atoms with Crippen molar-refractivity contribution >= 4 is 0 Å². The third-order valence-corrected chi connectivity index (χ3v) is 1.64. The zero-order valence-electron chi connectivity index (χ0n) is 4.78. The van der Waals surface area contributed by atoms with E-state index < -0.39 is 12.1 Å². The van der Waals surface area contributed by atoms with Gasteiger partial charge in [0.25, 0.3) is 0 Å². The molecule has 0 unspecified atom stereocenters. The van der Waals surface area contributed by atoms with Gasteiger partial charge < -0.3 is 5.73 Å². The number of hydrogen-bond acceptors (Lipinski definition) is 1. The molecule has 54 valence electrons. The molecular formula is C5H8F3N. The van der Waals surface area contributed by atoms with Gasteiger partial charge in [0.15, 0.2) is 0 Å². The summed E-state index contributed by atoms with van der Waals surface area (Å²) < 4.78 is 34.9. The van der Waals surface area contributed by atoms with E-state index in [4.69, 9.17) is 5.73 Å². The van der Waals surface area contributed by atoms with Crippen LogP contribution in [0.3, 0.4) is 0 Å². The summed E-state index contributed by atoms with van der Waals surface area (Å²) in [6.07, 6.45) is -3.77. The molecule has 0 aromatic rings. The van der Waals surface area contributed by atoms with Gasteiger partial charge in [-0.1, -0.05) is 0 Å². The third-order valence-electron chi connectivity index (χ3n) is 1.64. The van der Waals surface area contributed by atoms with Gasteiger partial charge in [-0.25, -0.2) is 0 Å². The molecule has 0 bridgehead atoms. The van der Waals surface area contributed by atoms with Crippen molar-refractivity contribution in [3.63, 3.8) is 0 Å². The number of hydrogen-bond donors (Lipinski definition) is 1. The van der Waals surface area contributed by atoms with Crippen molar-refractivity contribution in [1.82, 2.24) is 0 Å². The first-order chi connectivity index (χ1) is 4.00. The van der Waals surface area contributed by atoms with Crippen molar-refractivity contribution in [2.75, 3.05) is 0 Å². The molecule has 0 amide bonds. The van der Waals surface area contributed by atoms with E-state index >= 15 is 0 Å². The Morgan fingerprint density at radius 2 is 1.67 bits per heavy atom. The van der Waals surface area contributed by atoms with E-state index in [2.05, 4.69) is 0 Å². The summed E-state index contributed by atoms with van der Waals surface area (Å²) in [5.41, 5.74) is 5.17. The lowest BCUT2D eigenvalue weighted by molar-refractivity contribution is -0.196. The Morgan fingerprint density at radius 3 is 1.78 bits per heavy atom. The average Bonchev–Trinajstić information content (AvgIpc) is 1.55. The van der Waals surface area contributed by atoms with Crippen LogP contribution in [0.25, 0.3) is 0 Å². The van der Waals surface area contributed by atoms with Crippen molar-refractivity contribution in [2.45, 2.75) is 25.1 Å². The molecule has 1 aliphatic carbocycles. The highest BCUT2D eigenvalue weighted by atomic mass is 19.4. The van der Waals surface area contributed by atoms with Crippen LogP contribution in [-0.2, 0) is 0 Å². The van der Waals surface area contributed by atoms with Crippen molar-refractivity contribution in [2.24, 2.45) is 11.7 Å². The molecular weight excluding hydrogens is 131 g/mol. The molecule has 0 aromatic heterocycles. The summed E-state index contributed by atoms with van der Waals surface area (Å²) in [6.45, 7) is 0. The Hall–Kier alpha value is -0.250. The fourth-order valence-corrected chi connectivity index (χ4v) is 0.929. The van der Waals surface area contributed by atoms with Gasteiger partial charge >= 0.3 is 6.18 Å². The molecule has 1 nitrogen and oxygen atoms in total. The molecule has 0 heterocycles. The predicted molar refractivity (Wildman–Crippen MR) is 26.8 cm³/mol. The van der Waals surface area contributed by atoms with E-state index in [0.717, 1.165) is 0 Å². The molecule has 0 atom stereocenters. The van der Waals surface area contributed by atoms with E-state index in [1.54, 1.807) is 0 Å². The van der Waals surface area contributed by atoms with Gasteiger partial charge in [-0.15, -0.1) is 0 Å². The SMILES string of the molecule is NC1CC(C(F)(F)F)C1. The third kappa shape index (κ3) is 1.36. The topological polar surface area (TPSA) is 26.0 Å². The number of halogens is 3. The zero-order chi connectivity index (χ0) is 7.07. The van der Waals surface area contributed by atoms with E-state index in [9.17, 15) is 13.2 Å². The van der Waals surface area contributed by atoms with Gasteiger partial charge in [-0.05, 0) is 12.8 Å². The smallest absolute Gasteiger partial charge is 0.328 e. The van der Waals surface area contributed by atoms with Gasteiger partial charge in [0.05, 0.1) is 5.92 Å². The van der Waals surface area contributed by atoms with Crippen molar-refractivity contribution in [3.05, 3.63) is 0 Å². The first kappa shape index (κ1) is 6.86. The molecule has 1 aliphatic rings. The summed E-state index contributed by atoms with van der Waals surface area (Å²) >= 11 is 0. The fourth-order valence-electron chi connectivity index (χ4n) is 0.929.